The van der Waals surface area contributed by atoms with Gasteiger partial charge in [-0.3, -0.25) is 43.4 Å². The van der Waals surface area contributed by atoms with Gasteiger partial charge in [-0.1, -0.05) is 12.1 Å². The molecule has 0 saturated carbocycles. The van der Waals surface area contributed by atoms with E-state index in [0.29, 0.717) is 13.2 Å². The Bertz CT molecular complexity index is 2280. The lowest BCUT2D eigenvalue weighted by atomic mass is 9.72. The van der Waals surface area contributed by atoms with Gasteiger partial charge in [-0.25, -0.2) is 0 Å². The number of ether oxygens (including phenoxy) is 6. The van der Waals surface area contributed by atoms with Crippen molar-refractivity contribution in [1.82, 2.24) is 25.8 Å². The van der Waals surface area contributed by atoms with Crippen LogP contribution in [0.3, 0.4) is 0 Å². The average Bonchev–Trinajstić information content (AvgIpc) is 3.81. The third kappa shape index (κ3) is 7.94. The number of morpholine rings is 1. The molecule has 2 aromatic rings. The van der Waals surface area contributed by atoms with Crippen LogP contribution in [-0.2, 0) is 54.1 Å². The molecule has 63 heavy (non-hydrogen) atoms. The highest BCUT2D eigenvalue weighted by molar-refractivity contribution is 6.31. The second-order valence-electron chi connectivity index (χ2n) is 16.0. The number of benzene rings is 2. The van der Waals surface area contributed by atoms with Crippen molar-refractivity contribution in [3.8, 4) is 17.2 Å². The Morgan fingerprint density at radius 1 is 0.921 bits per heavy atom. The van der Waals surface area contributed by atoms with Gasteiger partial charge in [-0.15, -0.1) is 0 Å². The molecule has 6 N–H and O–H groups in total. The number of carbonyl (C=O) groups is 7. The van der Waals surface area contributed by atoms with Crippen LogP contribution in [0.4, 0.5) is 0 Å². The van der Waals surface area contributed by atoms with Gasteiger partial charge in [0.2, 0.25) is 17.6 Å². The molecule has 3 fully saturated rings. The fourth-order valence-electron chi connectivity index (χ4n) is 9.24. The van der Waals surface area contributed by atoms with E-state index in [-0.39, 0.29) is 66.5 Å². The smallest absolute Gasteiger partial charge is 0.253 e. The van der Waals surface area contributed by atoms with Gasteiger partial charge in [0.1, 0.15) is 29.0 Å². The molecule has 4 heterocycles. The molecule has 8 rings (SSSR count). The molecule has 0 radical (unpaired) electrons. The summed E-state index contributed by atoms with van der Waals surface area (Å²) in [4.78, 5) is 93.1. The summed E-state index contributed by atoms with van der Waals surface area (Å²) in [5.41, 5.74) is -3.84. The number of amides is 5. The maximum absolute atomic E-state index is 14.1. The van der Waals surface area contributed by atoms with Crippen LogP contribution in [0.5, 0.6) is 17.2 Å². The maximum atomic E-state index is 14.1. The lowest BCUT2D eigenvalue weighted by Gasteiger charge is -2.43. The maximum Gasteiger partial charge on any atom is 0.253 e. The SMILES string of the molecule is COc1cccc2c1C(=O)c1c(O)c3c(c(O)c1C2=O)C[C@@](O)(C(=O)NCCNC(=O)CNC(=O)CCN1C(=O)C=CC1=O)C[C@@H]3O[C@H]1C[C@H]2[C@H](O[C@@H]3[C@@H](OC)OCCN32)[C@H](C)O1. The Kier molecular flexibility index (Phi) is 12.1. The molecule has 6 aliphatic rings. The molecule has 21 heteroatoms. The van der Waals surface area contributed by atoms with Crippen molar-refractivity contribution < 1.29 is 77.3 Å². The van der Waals surface area contributed by atoms with Crippen molar-refractivity contribution >= 4 is 41.1 Å². The van der Waals surface area contributed by atoms with E-state index in [4.69, 9.17) is 28.4 Å². The van der Waals surface area contributed by atoms with Crippen molar-refractivity contribution in [1.29, 1.82) is 0 Å². The van der Waals surface area contributed by atoms with Crippen LogP contribution in [0, 0.1) is 0 Å². The van der Waals surface area contributed by atoms with Crippen LogP contribution >= 0.6 is 0 Å². The summed E-state index contributed by atoms with van der Waals surface area (Å²) in [6, 6.07) is 4.13. The molecule has 5 amide bonds. The lowest BCUT2D eigenvalue weighted by Crippen LogP contribution is -2.55. The van der Waals surface area contributed by atoms with E-state index in [1.807, 2.05) is 0 Å². The van der Waals surface area contributed by atoms with Gasteiger partial charge >= 0.3 is 0 Å². The Morgan fingerprint density at radius 3 is 2.38 bits per heavy atom. The van der Waals surface area contributed by atoms with Crippen LogP contribution in [0.15, 0.2) is 30.4 Å². The second-order valence-corrected chi connectivity index (χ2v) is 16.0. The molecular formula is C42H47N5O16. The van der Waals surface area contributed by atoms with Gasteiger partial charge in [0.15, 0.2) is 24.6 Å². The molecule has 3 saturated heterocycles. The summed E-state index contributed by atoms with van der Waals surface area (Å²) >= 11 is 0. The first-order valence-corrected chi connectivity index (χ1v) is 20.5. The standard InChI is InChI=1S/C42H47N5O16/c1-19-38-22(46-13-14-60-40(59-3)39(46)63-38)15-29(61-19)62-24-17-42(57,41(56)44-11-10-43-26(49)18-45-25(48)9-12-47-27(50)7-8-28(47)51)16-21-31(24)37(55)33-32(35(21)53)34(52)20-5-4-6-23(58-2)30(20)36(33)54/h4-8,19,22,24,29,38-40,53,55,57H,9-18H2,1-3H3,(H,43,49)(H,44,56)(H,45,48)/t19-,22-,24-,29-,38+,39+,40-,42-/m0/s1. The molecule has 21 nitrogen and oxygen atoms in total. The number of nitrogens with one attached hydrogen (secondary N) is 3. The number of phenols is 2. The third-order valence-corrected chi connectivity index (χ3v) is 12.2. The number of hydrogen-bond donors (Lipinski definition) is 6. The Morgan fingerprint density at radius 2 is 1.65 bits per heavy atom. The zero-order valence-electron chi connectivity index (χ0n) is 34.5. The minimum atomic E-state index is -2.34. The number of imide groups is 1. The van der Waals surface area contributed by atoms with Crippen LogP contribution in [0.2, 0.25) is 0 Å². The molecule has 0 spiro atoms. The normalized spacial score (nSPS) is 28.4. The van der Waals surface area contributed by atoms with Gasteiger partial charge in [-0.05, 0) is 13.0 Å². The molecule has 4 aliphatic heterocycles. The highest BCUT2D eigenvalue weighted by Crippen LogP contribution is 2.53. The van der Waals surface area contributed by atoms with Crippen LogP contribution < -0.4 is 20.7 Å². The number of aliphatic hydroxyl groups is 1. The molecule has 2 aliphatic carbocycles. The zero-order chi connectivity index (χ0) is 44.9. The van der Waals surface area contributed by atoms with Crippen molar-refractivity contribution in [2.75, 3.05) is 53.6 Å². The van der Waals surface area contributed by atoms with Crippen molar-refractivity contribution in [2.24, 2.45) is 0 Å². The molecule has 0 aromatic heterocycles. The molecular weight excluding hydrogens is 830 g/mol. The molecule has 2 aromatic carbocycles. The van der Waals surface area contributed by atoms with Crippen LogP contribution in [-0.4, -0.2) is 162 Å². The number of phenolic OH excluding ortho intramolecular Hbond substituents is 2. The third-order valence-electron chi connectivity index (χ3n) is 12.2. The lowest BCUT2D eigenvalue weighted by molar-refractivity contribution is -0.256. The van der Waals surface area contributed by atoms with Crippen molar-refractivity contribution in [3.63, 3.8) is 0 Å². The van der Waals surface area contributed by atoms with Gasteiger partial charge < -0.3 is 59.7 Å². The van der Waals surface area contributed by atoms with Gasteiger partial charge in [0.25, 0.3) is 17.7 Å². The number of hydrogen-bond acceptors (Lipinski definition) is 17. The summed E-state index contributed by atoms with van der Waals surface area (Å²) in [5, 5.41) is 43.5. The quantitative estimate of drug-likeness (QED) is 0.0669. The predicted molar refractivity (Wildman–Crippen MR) is 211 cm³/mol. The minimum Gasteiger partial charge on any atom is -0.507 e. The number of carbonyl (C=O) groups excluding carboxylic acids is 7. The second kappa shape index (κ2) is 17.4. The van der Waals surface area contributed by atoms with Crippen LogP contribution in [0.1, 0.15) is 75.3 Å². The molecule has 0 bridgehead atoms. The summed E-state index contributed by atoms with van der Waals surface area (Å²) < 4.78 is 35.8. The van der Waals surface area contributed by atoms with E-state index in [0.717, 1.165) is 17.1 Å². The van der Waals surface area contributed by atoms with Gasteiger partial charge in [0.05, 0.1) is 49.2 Å². The first kappa shape index (κ1) is 43.8. The van der Waals surface area contributed by atoms with E-state index in [2.05, 4.69) is 20.9 Å². The summed E-state index contributed by atoms with van der Waals surface area (Å²) in [6.07, 6.45) is -3.44. The molecule has 0 unspecified atom stereocenters. The predicted octanol–water partition coefficient (Wildman–Crippen LogP) is -1.19. The number of ketones is 2. The van der Waals surface area contributed by atoms with E-state index >= 15 is 0 Å². The van der Waals surface area contributed by atoms with E-state index in [1.165, 1.54) is 32.4 Å². The Labute approximate surface area is 359 Å². The fraction of sp³-hybridized carbons (Fsp3) is 0.500. The number of rotatable bonds is 13. The Hall–Kier alpha value is -5.81. The van der Waals surface area contributed by atoms with Crippen molar-refractivity contribution in [3.05, 3.63) is 63.7 Å². The fourth-order valence-corrected chi connectivity index (χ4v) is 9.24. The number of fused-ring (bicyclic) bond motifs is 6. The van der Waals surface area contributed by atoms with E-state index in [1.54, 1.807) is 6.92 Å². The van der Waals surface area contributed by atoms with Gasteiger partial charge in [-0.2, -0.15) is 0 Å². The van der Waals surface area contributed by atoms with Crippen LogP contribution in [0.25, 0.3) is 0 Å². The first-order chi connectivity index (χ1) is 30.1. The summed E-state index contributed by atoms with van der Waals surface area (Å²) in [7, 11) is 2.84. The molecule has 8 atom stereocenters. The van der Waals surface area contributed by atoms with Gasteiger partial charge in [0, 0.05) is 93.9 Å². The summed E-state index contributed by atoms with van der Waals surface area (Å²) in [6.45, 7) is 1.77. The van der Waals surface area contributed by atoms with E-state index < -0.39 is 126 Å². The monoisotopic (exact) mass is 877 g/mol. The highest BCUT2D eigenvalue weighted by Gasteiger charge is 2.55. The average molecular weight is 878 g/mol. The Balaban J connectivity index is 1.00. The number of nitrogens with zero attached hydrogens (tertiary/aromatic N) is 2. The first-order valence-electron chi connectivity index (χ1n) is 20.5. The van der Waals surface area contributed by atoms with Crippen molar-refractivity contribution in [2.45, 2.75) is 81.4 Å². The molecule has 336 valence electrons. The highest BCUT2D eigenvalue weighted by atomic mass is 16.7. The van der Waals surface area contributed by atoms with E-state index in [9.17, 15) is 48.9 Å². The topological polar surface area (TPSA) is 278 Å². The minimum absolute atomic E-state index is 0.0753. The zero-order valence-corrected chi connectivity index (χ0v) is 34.5. The summed E-state index contributed by atoms with van der Waals surface area (Å²) in [5.74, 6) is -6.13. The largest absolute Gasteiger partial charge is 0.507 e. The number of methoxy groups -OCH3 is 2. The number of aromatic hydroxyl groups is 2.